The molecule has 7 heteroatoms. The summed E-state index contributed by atoms with van der Waals surface area (Å²) < 4.78 is 11.9. The number of carbonyl (C=O) groups is 1. The summed E-state index contributed by atoms with van der Waals surface area (Å²) in [5.41, 5.74) is 0.356. The molecule has 1 aromatic heterocycles. The molecule has 1 aliphatic rings. The van der Waals surface area contributed by atoms with Crippen LogP contribution in [0, 0.1) is 0 Å². The molecular formula is C17H21N3O4. The van der Waals surface area contributed by atoms with Crippen LogP contribution >= 0.6 is 0 Å². The van der Waals surface area contributed by atoms with Crippen LogP contribution in [0.15, 0.2) is 23.3 Å². The van der Waals surface area contributed by atoms with E-state index < -0.39 is 0 Å². The van der Waals surface area contributed by atoms with Crippen molar-refractivity contribution in [2.45, 2.75) is 25.8 Å². The molecule has 2 aromatic rings. The summed E-state index contributed by atoms with van der Waals surface area (Å²) in [4.78, 5) is 30.9. The molecule has 1 saturated heterocycles. The van der Waals surface area contributed by atoms with Gasteiger partial charge in [-0.3, -0.25) is 14.2 Å². The Balaban J connectivity index is 1.85. The molecular weight excluding hydrogens is 310 g/mol. The smallest absolute Gasteiger partial charge is 0.261 e. The number of rotatable bonds is 5. The monoisotopic (exact) mass is 331 g/mol. The van der Waals surface area contributed by atoms with Crippen LogP contribution in [0.4, 0.5) is 0 Å². The van der Waals surface area contributed by atoms with Crippen LogP contribution in [0.2, 0.25) is 0 Å². The van der Waals surface area contributed by atoms with Gasteiger partial charge in [0.15, 0.2) is 11.5 Å². The molecule has 24 heavy (non-hydrogen) atoms. The lowest BCUT2D eigenvalue weighted by Crippen LogP contribution is -2.30. The van der Waals surface area contributed by atoms with Gasteiger partial charge in [0.05, 0.1) is 31.4 Å². The average Bonchev–Trinajstić information content (AvgIpc) is 3.14. The maximum atomic E-state index is 12.6. The van der Waals surface area contributed by atoms with Crippen molar-refractivity contribution in [2.75, 3.05) is 27.3 Å². The second-order valence-corrected chi connectivity index (χ2v) is 5.81. The van der Waals surface area contributed by atoms with Crippen LogP contribution in [0.1, 0.15) is 19.3 Å². The number of methoxy groups -OCH3 is 2. The first-order valence-corrected chi connectivity index (χ1v) is 8.03. The first kappa shape index (κ1) is 16.3. The van der Waals surface area contributed by atoms with Crippen LogP contribution in [0.25, 0.3) is 10.9 Å². The van der Waals surface area contributed by atoms with Crippen molar-refractivity contribution in [1.29, 1.82) is 0 Å². The van der Waals surface area contributed by atoms with Crippen LogP contribution < -0.4 is 15.0 Å². The topological polar surface area (TPSA) is 73.7 Å². The van der Waals surface area contributed by atoms with E-state index in [0.717, 1.165) is 25.9 Å². The molecule has 0 radical (unpaired) electrons. The molecule has 0 atom stereocenters. The minimum Gasteiger partial charge on any atom is -0.493 e. The summed E-state index contributed by atoms with van der Waals surface area (Å²) in [6, 6.07) is 3.30. The van der Waals surface area contributed by atoms with Gasteiger partial charge in [0.2, 0.25) is 5.91 Å². The quantitative estimate of drug-likeness (QED) is 0.828. The summed E-state index contributed by atoms with van der Waals surface area (Å²) >= 11 is 0. The van der Waals surface area contributed by atoms with E-state index in [9.17, 15) is 9.59 Å². The van der Waals surface area contributed by atoms with Gasteiger partial charge in [-0.1, -0.05) is 0 Å². The van der Waals surface area contributed by atoms with E-state index in [1.54, 1.807) is 12.1 Å². The second-order valence-electron chi connectivity index (χ2n) is 5.81. The third-order valence-electron chi connectivity index (χ3n) is 4.35. The van der Waals surface area contributed by atoms with E-state index in [1.807, 2.05) is 4.90 Å². The Hall–Kier alpha value is -2.57. The maximum Gasteiger partial charge on any atom is 0.261 e. The first-order chi connectivity index (χ1) is 11.6. The molecule has 1 aromatic carbocycles. The van der Waals surface area contributed by atoms with Crippen molar-refractivity contribution < 1.29 is 14.3 Å². The largest absolute Gasteiger partial charge is 0.493 e. The lowest BCUT2D eigenvalue weighted by Gasteiger charge is -2.15. The molecule has 1 aliphatic heterocycles. The number of aromatic nitrogens is 2. The summed E-state index contributed by atoms with van der Waals surface area (Å²) in [6.07, 6.45) is 3.91. The fraction of sp³-hybridized carbons (Fsp3) is 0.471. The second kappa shape index (κ2) is 6.90. The molecule has 0 unspecified atom stereocenters. The van der Waals surface area contributed by atoms with Gasteiger partial charge in [-0.05, 0) is 18.9 Å². The van der Waals surface area contributed by atoms with E-state index in [0.29, 0.717) is 35.4 Å². The molecule has 1 amide bonds. The van der Waals surface area contributed by atoms with Crippen molar-refractivity contribution >= 4 is 16.8 Å². The lowest BCUT2D eigenvalue weighted by atomic mass is 10.2. The van der Waals surface area contributed by atoms with E-state index in [2.05, 4.69) is 4.98 Å². The standard InChI is InChI=1S/C17H21N3O4/c1-23-14-9-12-13(10-15(14)24-2)18-11-20(17(12)22)8-5-16(21)19-6-3-4-7-19/h9-11H,3-8H2,1-2H3. The van der Waals surface area contributed by atoms with Gasteiger partial charge in [0, 0.05) is 32.1 Å². The predicted molar refractivity (Wildman–Crippen MR) is 89.5 cm³/mol. The van der Waals surface area contributed by atoms with Gasteiger partial charge >= 0.3 is 0 Å². The molecule has 0 bridgehead atoms. The third-order valence-corrected chi connectivity index (χ3v) is 4.35. The molecule has 7 nitrogen and oxygen atoms in total. The van der Waals surface area contributed by atoms with Crippen molar-refractivity contribution in [1.82, 2.24) is 14.5 Å². The van der Waals surface area contributed by atoms with E-state index >= 15 is 0 Å². The van der Waals surface area contributed by atoms with Crippen LogP contribution in [-0.2, 0) is 11.3 Å². The molecule has 0 spiro atoms. The number of aryl methyl sites for hydroxylation is 1. The number of benzene rings is 1. The van der Waals surface area contributed by atoms with Crippen molar-refractivity contribution in [3.63, 3.8) is 0 Å². The number of amides is 1. The minimum absolute atomic E-state index is 0.0896. The van der Waals surface area contributed by atoms with Gasteiger partial charge in [-0.15, -0.1) is 0 Å². The average molecular weight is 331 g/mol. The van der Waals surface area contributed by atoms with Crippen molar-refractivity contribution in [2.24, 2.45) is 0 Å². The third kappa shape index (κ3) is 3.06. The lowest BCUT2D eigenvalue weighted by molar-refractivity contribution is -0.130. The van der Waals surface area contributed by atoms with E-state index in [1.165, 1.54) is 25.1 Å². The fourth-order valence-corrected chi connectivity index (χ4v) is 2.99. The zero-order valence-electron chi connectivity index (χ0n) is 13.9. The predicted octanol–water partition coefficient (Wildman–Crippen LogP) is 1.43. The van der Waals surface area contributed by atoms with Crippen molar-refractivity contribution in [3.05, 3.63) is 28.8 Å². The summed E-state index contributed by atoms with van der Waals surface area (Å²) in [6.45, 7) is 1.97. The summed E-state index contributed by atoms with van der Waals surface area (Å²) in [5, 5.41) is 0.448. The summed E-state index contributed by atoms with van der Waals surface area (Å²) in [7, 11) is 3.06. The number of nitrogens with zero attached hydrogens (tertiary/aromatic N) is 3. The van der Waals surface area contributed by atoms with Gasteiger partial charge in [-0.25, -0.2) is 4.98 Å². The fourth-order valence-electron chi connectivity index (χ4n) is 2.99. The number of hydrogen-bond donors (Lipinski definition) is 0. The van der Waals surface area contributed by atoms with Gasteiger partial charge < -0.3 is 14.4 Å². The number of likely N-dealkylation sites (tertiary alicyclic amines) is 1. The van der Waals surface area contributed by atoms with E-state index in [4.69, 9.17) is 9.47 Å². The highest BCUT2D eigenvalue weighted by molar-refractivity contribution is 5.81. The minimum atomic E-state index is -0.185. The Morgan fingerprint density at radius 2 is 1.83 bits per heavy atom. The molecule has 0 N–H and O–H groups in total. The molecule has 0 saturated carbocycles. The number of carbonyl (C=O) groups excluding carboxylic acids is 1. The van der Waals surface area contributed by atoms with E-state index in [-0.39, 0.29) is 11.5 Å². The van der Waals surface area contributed by atoms with Crippen LogP contribution in [0.3, 0.4) is 0 Å². The Morgan fingerprint density at radius 1 is 1.17 bits per heavy atom. The van der Waals surface area contributed by atoms with Crippen LogP contribution in [0.5, 0.6) is 11.5 Å². The number of hydrogen-bond acceptors (Lipinski definition) is 5. The summed E-state index contributed by atoms with van der Waals surface area (Å²) in [5.74, 6) is 1.10. The molecule has 128 valence electrons. The molecule has 3 rings (SSSR count). The molecule has 1 fully saturated rings. The van der Waals surface area contributed by atoms with Gasteiger partial charge in [-0.2, -0.15) is 0 Å². The van der Waals surface area contributed by atoms with Gasteiger partial charge in [0.25, 0.3) is 5.56 Å². The number of ether oxygens (including phenoxy) is 2. The zero-order valence-corrected chi connectivity index (χ0v) is 13.9. The highest BCUT2D eigenvalue weighted by Gasteiger charge is 2.18. The van der Waals surface area contributed by atoms with Crippen molar-refractivity contribution in [3.8, 4) is 11.5 Å². The Kier molecular flexibility index (Phi) is 4.69. The van der Waals surface area contributed by atoms with Gasteiger partial charge in [0.1, 0.15) is 0 Å². The molecule has 2 heterocycles. The molecule has 0 aliphatic carbocycles. The maximum absolute atomic E-state index is 12.6. The normalized spacial score (nSPS) is 14.2. The number of fused-ring (bicyclic) bond motifs is 1. The highest BCUT2D eigenvalue weighted by atomic mass is 16.5. The Bertz CT molecular complexity index is 809. The van der Waals surface area contributed by atoms with Crippen LogP contribution in [-0.4, -0.2) is 47.7 Å². The first-order valence-electron chi connectivity index (χ1n) is 8.03. The Morgan fingerprint density at radius 3 is 2.50 bits per heavy atom. The highest BCUT2D eigenvalue weighted by Crippen LogP contribution is 2.29. The zero-order chi connectivity index (χ0) is 17.1. The Labute approximate surface area is 139 Å². The SMILES string of the molecule is COc1cc2ncn(CCC(=O)N3CCCC3)c(=O)c2cc1OC.